The number of fused-ring (bicyclic) bond motifs is 2. The molecule has 3 aromatic carbocycles. The molecule has 3 heterocycles. The van der Waals surface area contributed by atoms with Gasteiger partial charge in [-0.2, -0.15) is 0 Å². The lowest BCUT2D eigenvalue weighted by Crippen LogP contribution is -2.33. The van der Waals surface area contributed by atoms with Gasteiger partial charge in [0.1, 0.15) is 28.9 Å². The van der Waals surface area contributed by atoms with Gasteiger partial charge in [0.2, 0.25) is 0 Å². The number of hydrogen-bond acceptors (Lipinski definition) is 6. The molecule has 208 valence electrons. The predicted octanol–water partition coefficient (Wildman–Crippen LogP) is 5.43. The van der Waals surface area contributed by atoms with Gasteiger partial charge in [0, 0.05) is 41.3 Å². The van der Waals surface area contributed by atoms with Crippen LogP contribution in [0.15, 0.2) is 78.0 Å². The number of nitrogens with zero attached hydrogens (tertiary/aromatic N) is 3. The summed E-state index contributed by atoms with van der Waals surface area (Å²) in [5.41, 5.74) is 5.70. The highest BCUT2D eigenvalue weighted by atomic mass is 32.2. The number of H-pyrrole nitrogens is 1. The SMILES string of the molecule is CCc1c(C(=O)N2CCOc3ccc(-c4ccc(-c5nc6ccncc6[nH]5)cc4)cc3C2)ccc(S(C)(=O)=O)c1F. The van der Waals surface area contributed by atoms with Gasteiger partial charge in [-0.05, 0) is 47.9 Å². The van der Waals surface area contributed by atoms with Crippen molar-refractivity contribution >= 4 is 26.8 Å². The van der Waals surface area contributed by atoms with Crippen LogP contribution in [-0.2, 0) is 22.8 Å². The molecule has 0 bridgehead atoms. The van der Waals surface area contributed by atoms with E-state index in [-0.39, 0.29) is 36.6 Å². The van der Waals surface area contributed by atoms with Gasteiger partial charge in [-0.25, -0.2) is 17.8 Å². The maximum atomic E-state index is 15.1. The molecule has 41 heavy (non-hydrogen) atoms. The largest absolute Gasteiger partial charge is 0.491 e. The van der Waals surface area contributed by atoms with Gasteiger partial charge in [0.15, 0.2) is 9.84 Å². The summed E-state index contributed by atoms with van der Waals surface area (Å²) in [6.07, 6.45) is 4.60. The smallest absolute Gasteiger partial charge is 0.254 e. The van der Waals surface area contributed by atoms with Crippen molar-refractivity contribution in [3.05, 3.63) is 95.6 Å². The Labute approximate surface area is 236 Å². The van der Waals surface area contributed by atoms with Crippen LogP contribution in [0.3, 0.4) is 0 Å². The first kappa shape index (κ1) is 26.6. The summed E-state index contributed by atoms with van der Waals surface area (Å²) < 4.78 is 45.1. The van der Waals surface area contributed by atoms with E-state index < -0.39 is 20.5 Å². The fraction of sp³-hybridized carbons (Fsp3) is 0.194. The van der Waals surface area contributed by atoms with Crippen molar-refractivity contribution < 1.29 is 22.3 Å². The van der Waals surface area contributed by atoms with Gasteiger partial charge in [0.25, 0.3) is 5.91 Å². The molecular weight excluding hydrogens is 543 g/mol. The number of nitrogens with one attached hydrogen (secondary N) is 1. The summed E-state index contributed by atoms with van der Waals surface area (Å²) in [5.74, 6) is 0.216. The number of carbonyl (C=O) groups excluding carboxylic acids is 1. The predicted molar refractivity (Wildman–Crippen MR) is 154 cm³/mol. The fourth-order valence-corrected chi connectivity index (χ4v) is 5.93. The molecule has 1 N–H and O–H groups in total. The third-order valence-corrected chi connectivity index (χ3v) is 8.41. The Hall–Kier alpha value is -4.57. The Morgan fingerprint density at radius 1 is 1.05 bits per heavy atom. The molecule has 1 aliphatic heterocycles. The minimum Gasteiger partial charge on any atom is -0.491 e. The van der Waals surface area contributed by atoms with E-state index in [4.69, 9.17) is 4.74 Å². The van der Waals surface area contributed by atoms with Crippen LogP contribution < -0.4 is 4.74 Å². The number of carbonyl (C=O) groups is 1. The molecule has 2 aromatic heterocycles. The molecule has 8 nitrogen and oxygen atoms in total. The zero-order valence-corrected chi connectivity index (χ0v) is 23.3. The second-order valence-electron chi connectivity index (χ2n) is 9.98. The molecule has 0 spiro atoms. The number of rotatable bonds is 5. The van der Waals surface area contributed by atoms with Gasteiger partial charge in [-0.3, -0.25) is 9.78 Å². The summed E-state index contributed by atoms with van der Waals surface area (Å²) in [5, 5.41) is 0. The standard InChI is InChI=1S/C31H27FN4O4S/c1-3-23-24(9-11-28(29(23)32)41(2,38)39)31(37)36-14-15-40-27-10-8-21(16-22(27)18-36)19-4-6-20(7-5-19)30-34-25-12-13-33-17-26(25)35-30/h4-13,16-17H,3,14-15,18H2,1-2H3,(H,34,35). The summed E-state index contributed by atoms with van der Waals surface area (Å²) in [7, 11) is -3.76. The fourth-order valence-electron chi connectivity index (χ4n) is 5.16. The van der Waals surface area contributed by atoms with Crippen molar-refractivity contribution in [2.45, 2.75) is 24.8 Å². The normalized spacial score (nSPS) is 13.5. The number of halogens is 1. The van der Waals surface area contributed by atoms with E-state index >= 15 is 4.39 Å². The molecule has 6 rings (SSSR count). The number of aromatic amines is 1. The lowest BCUT2D eigenvalue weighted by Gasteiger charge is -2.22. The van der Waals surface area contributed by atoms with Crippen molar-refractivity contribution in [2.75, 3.05) is 19.4 Å². The van der Waals surface area contributed by atoms with Gasteiger partial charge < -0.3 is 14.6 Å². The number of pyridine rings is 1. The summed E-state index contributed by atoms with van der Waals surface area (Å²) in [4.78, 5) is 26.9. The summed E-state index contributed by atoms with van der Waals surface area (Å²) in [6.45, 7) is 2.56. The summed E-state index contributed by atoms with van der Waals surface area (Å²) in [6, 6.07) is 18.3. The molecule has 10 heteroatoms. The van der Waals surface area contributed by atoms with E-state index in [0.29, 0.717) is 12.3 Å². The van der Waals surface area contributed by atoms with E-state index in [1.807, 2.05) is 48.5 Å². The number of amides is 1. The molecule has 0 saturated heterocycles. The first-order valence-electron chi connectivity index (χ1n) is 13.2. The molecule has 0 fully saturated rings. The molecule has 1 aliphatic rings. The minimum atomic E-state index is -3.76. The van der Waals surface area contributed by atoms with Crippen LogP contribution in [0.4, 0.5) is 4.39 Å². The van der Waals surface area contributed by atoms with Crippen LogP contribution in [-0.4, -0.2) is 53.6 Å². The van der Waals surface area contributed by atoms with E-state index in [9.17, 15) is 13.2 Å². The Balaban J connectivity index is 1.27. The van der Waals surface area contributed by atoms with E-state index in [2.05, 4.69) is 15.0 Å². The van der Waals surface area contributed by atoms with E-state index in [0.717, 1.165) is 45.4 Å². The molecule has 0 radical (unpaired) electrons. The topological polar surface area (TPSA) is 105 Å². The van der Waals surface area contributed by atoms with Crippen molar-refractivity contribution in [1.82, 2.24) is 19.9 Å². The quantitative estimate of drug-likeness (QED) is 0.302. The van der Waals surface area contributed by atoms with Crippen molar-refractivity contribution in [3.8, 4) is 28.3 Å². The molecule has 0 aliphatic carbocycles. The van der Waals surface area contributed by atoms with Crippen LogP contribution in [0.25, 0.3) is 33.5 Å². The average Bonchev–Trinajstić information content (AvgIpc) is 3.29. The highest BCUT2D eigenvalue weighted by Gasteiger charge is 2.27. The highest BCUT2D eigenvalue weighted by Crippen LogP contribution is 2.32. The first-order chi connectivity index (χ1) is 19.7. The third kappa shape index (κ3) is 5.06. The average molecular weight is 571 g/mol. The highest BCUT2D eigenvalue weighted by molar-refractivity contribution is 7.90. The monoisotopic (exact) mass is 570 g/mol. The van der Waals surface area contributed by atoms with Crippen LogP contribution in [0.2, 0.25) is 0 Å². The number of benzene rings is 3. The molecule has 5 aromatic rings. The second kappa shape index (κ2) is 10.4. The van der Waals surface area contributed by atoms with E-state index in [1.165, 1.54) is 12.1 Å². The maximum Gasteiger partial charge on any atom is 0.254 e. The number of hydrogen-bond donors (Lipinski definition) is 1. The van der Waals surface area contributed by atoms with Crippen LogP contribution >= 0.6 is 0 Å². The number of aromatic nitrogens is 3. The van der Waals surface area contributed by atoms with Gasteiger partial charge in [0.05, 0.1) is 23.8 Å². The molecule has 0 unspecified atom stereocenters. The minimum absolute atomic E-state index is 0.0953. The molecule has 0 atom stereocenters. The zero-order valence-electron chi connectivity index (χ0n) is 22.5. The number of ether oxygens (including phenoxy) is 1. The Kier molecular flexibility index (Phi) is 6.78. The Morgan fingerprint density at radius 2 is 1.80 bits per heavy atom. The molecule has 0 saturated carbocycles. The first-order valence-corrected chi connectivity index (χ1v) is 15.1. The molecular formula is C31H27FN4O4S. The van der Waals surface area contributed by atoms with Crippen molar-refractivity contribution in [1.29, 1.82) is 0 Å². The van der Waals surface area contributed by atoms with Crippen LogP contribution in [0, 0.1) is 5.82 Å². The van der Waals surface area contributed by atoms with Crippen molar-refractivity contribution in [2.24, 2.45) is 0 Å². The number of sulfone groups is 1. The zero-order chi connectivity index (χ0) is 28.7. The Morgan fingerprint density at radius 3 is 2.54 bits per heavy atom. The Bertz CT molecular complexity index is 1870. The second-order valence-corrected chi connectivity index (χ2v) is 12.0. The third-order valence-electron chi connectivity index (χ3n) is 7.29. The number of imidazole rings is 1. The lowest BCUT2D eigenvalue weighted by molar-refractivity contribution is 0.0731. The van der Waals surface area contributed by atoms with Gasteiger partial charge >= 0.3 is 0 Å². The van der Waals surface area contributed by atoms with E-state index in [1.54, 1.807) is 24.2 Å². The van der Waals surface area contributed by atoms with Crippen LogP contribution in [0.1, 0.15) is 28.4 Å². The lowest BCUT2D eigenvalue weighted by atomic mass is 10.00. The van der Waals surface area contributed by atoms with Crippen LogP contribution in [0.5, 0.6) is 5.75 Å². The van der Waals surface area contributed by atoms with Crippen molar-refractivity contribution in [3.63, 3.8) is 0 Å². The maximum absolute atomic E-state index is 15.1. The molecule has 1 amide bonds. The van der Waals surface area contributed by atoms with Gasteiger partial charge in [-0.15, -0.1) is 0 Å². The van der Waals surface area contributed by atoms with Gasteiger partial charge in [-0.1, -0.05) is 37.3 Å². The summed E-state index contributed by atoms with van der Waals surface area (Å²) >= 11 is 0.